The average Bonchev–Trinajstić information content (AvgIpc) is 2.30. The number of rotatable bonds is 2. The molecule has 1 aromatic rings. The largest absolute Gasteiger partial charge is 0.392 e. The maximum atomic E-state index is 10.0. The highest BCUT2D eigenvalue weighted by atomic mass is 16.3. The Hall–Kier alpha value is -0.820. The highest BCUT2D eigenvalue weighted by molar-refractivity contribution is 5.28. The van der Waals surface area contributed by atoms with E-state index >= 15 is 0 Å². The average molecular weight is 218 g/mol. The van der Waals surface area contributed by atoms with Crippen LogP contribution in [0.25, 0.3) is 0 Å². The minimum atomic E-state index is -0.126. The molecule has 1 heteroatoms. The van der Waals surface area contributed by atoms with E-state index in [-0.39, 0.29) is 6.10 Å². The predicted octanol–water partition coefficient (Wildman–Crippen LogP) is 3.83. The molecule has 0 heterocycles. The summed E-state index contributed by atoms with van der Waals surface area (Å²) in [5.74, 6) is 0.959. The molecule has 1 nitrogen and oxygen atoms in total. The number of hydrogen-bond donors (Lipinski definition) is 1. The normalized spacial score (nSPS) is 26.0. The van der Waals surface area contributed by atoms with Gasteiger partial charge < -0.3 is 5.11 Å². The molecule has 2 atom stereocenters. The van der Waals surface area contributed by atoms with Gasteiger partial charge in [-0.1, -0.05) is 51.0 Å². The van der Waals surface area contributed by atoms with Crippen LogP contribution in [0, 0.1) is 0 Å². The van der Waals surface area contributed by atoms with Gasteiger partial charge in [-0.3, -0.25) is 0 Å². The summed E-state index contributed by atoms with van der Waals surface area (Å²) in [5, 5.41) is 10.0. The second-order valence-electron chi connectivity index (χ2n) is 5.28. The van der Waals surface area contributed by atoms with Crippen LogP contribution in [0.3, 0.4) is 0 Å². The number of hydrogen-bond acceptors (Lipinski definition) is 1. The van der Waals surface area contributed by atoms with Gasteiger partial charge in [-0.15, -0.1) is 0 Å². The number of aliphatic hydroxyl groups excluding tert-OH is 1. The van der Waals surface area contributed by atoms with E-state index in [1.807, 2.05) is 0 Å². The van der Waals surface area contributed by atoms with Crippen LogP contribution in [-0.4, -0.2) is 11.2 Å². The molecule has 16 heavy (non-hydrogen) atoms. The van der Waals surface area contributed by atoms with Crippen molar-refractivity contribution in [3.63, 3.8) is 0 Å². The first-order valence-corrected chi connectivity index (χ1v) is 6.46. The lowest BCUT2D eigenvalue weighted by atomic mass is 9.81. The maximum Gasteiger partial charge on any atom is 0.0608 e. The van der Waals surface area contributed by atoms with Crippen molar-refractivity contribution >= 4 is 0 Å². The monoisotopic (exact) mass is 218 g/mol. The Kier molecular flexibility index (Phi) is 3.65. The highest BCUT2D eigenvalue weighted by Gasteiger charge is 2.24. The topological polar surface area (TPSA) is 20.2 Å². The summed E-state index contributed by atoms with van der Waals surface area (Å²) >= 11 is 0. The van der Waals surface area contributed by atoms with Crippen LogP contribution in [0.5, 0.6) is 0 Å². The van der Waals surface area contributed by atoms with Gasteiger partial charge in [-0.2, -0.15) is 0 Å². The fraction of sp³-hybridized carbons (Fsp3) is 0.600. The van der Waals surface area contributed by atoms with Crippen molar-refractivity contribution in [2.24, 2.45) is 0 Å². The van der Waals surface area contributed by atoms with Crippen LogP contribution in [0.4, 0.5) is 0 Å². The highest BCUT2D eigenvalue weighted by Crippen LogP contribution is 2.33. The van der Waals surface area contributed by atoms with E-state index in [1.54, 1.807) is 0 Å². The van der Waals surface area contributed by atoms with E-state index in [0.717, 1.165) is 12.8 Å². The minimum Gasteiger partial charge on any atom is -0.392 e. The van der Waals surface area contributed by atoms with E-state index < -0.39 is 0 Å². The second-order valence-corrected chi connectivity index (χ2v) is 5.28. The third-order valence-corrected chi connectivity index (χ3v) is 3.76. The quantitative estimate of drug-likeness (QED) is 0.800. The summed E-state index contributed by atoms with van der Waals surface area (Å²) in [6.07, 6.45) is 4.42. The van der Waals surface area contributed by atoms with Crippen molar-refractivity contribution < 1.29 is 5.11 Å². The van der Waals surface area contributed by atoms with Gasteiger partial charge in [-0.05, 0) is 29.9 Å². The molecular weight excluding hydrogens is 196 g/mol. The molecule has 0 unspecified atom stereocenters. The zero-order chi connectivity index (χ0) is 11.5. The molecule has 0 spiro atoms. The van der Waals surface area contributed by atoms with E-state index in [9.17, 15) is 5.11 Å². The fourth-order valence-electron chi connectivity index (χ4n) is 2.63. The summed E-state index contributed by atoms with van der Waals surface area (Å²) in [6, 6.07) is 8.83. The SMILES string of the molecule is CC(C)c1ccc([C@H]2CCCC[C@@H]2O)cc1. The molecule has 1 aliphatic carbocycles. The molecular formula is C15H22O. The van der Waals surface area contributed by atoms with Gasteiger partial charge in [-0.25, -0.2) is 0 Å². The Balaban J connectivity index is 2.14. The third-order valence-electron chi connectivity index (χ3n) is 3.76. The van der Waals surface area contributed by atoms with Crippen LogP contribution in [0.2, 0.25) is 0 Å². The molecule has 0 saturated heterocycles. The Labute approximate surface area is 98.5 Å². The Morgan fingerprint density at radius 1 is 1.06 bits per heavy atom. The first-order chi connectivity index (χ1) is 7.68. The van der Waals surface area contributed by atoms with Crippen LogP contribution < -0.4 is 0 Å². The maximum absolute atomic E-state index is 10.0. The Morgan fingerprint density at radius 3 is 2.25 bits per heavy atom. The zero-order valence-corrected chi connectivity index (χ0v) is 10.3. The van der Waals surface area contributed by atoms with Crippen molar-refractivity contribution in [1.29, 1.82) is 0 Å². The van der Waals surface area contributed by atoms with E-state index in [2.05, 4.69) is 38.1 Å². The van der Waals surface area contributed by atoms with Crippen molar-refractivity contribution in [2.75, 3.05) is 0 Å². The molecule has 1 fully saturated rings. The van der Waals surface area contributed by atoms with Crippen molar-refractivity contribution in [1.82, 2.24) is 0 Å². The lowest BCUT2D eigenvalue weighted by molar-refractivity contribution is 0.106. The molecule has 0 radical (unpaired) electrons. The lowest BCUT2D eigenvalue weighted by Gasteiger charge is -2.28. The zero-order valence-electron chi connectivity index (χ0n) is 10.3. The van der Waals surface area contributed by atoms with Gasteiger partial charge in [0.25, 0.3) is 0 Å². The molecule has 1 aromatic carbocycles. The molecule has 0 bridgehead atoms. The summed E-state index contributed by atoms with van der Waals surface area (Å²) in [7, 11) is 0. The summed E-state index contributed by atoms with van der Waals surface area (Å²) in [5.41, 5.74) is 2.70. The van der Waals surface area contributed by atoms with Crippen LogP contribution in [0.1, 0.15) is 62.5 Å². The number of aliphatic hydroxyl groups is 1. The van der Waals surface area contributed by atoms with Crippen LogP contribution >= 0.6 is 0 Å². The third kappa shape index (κ3) is 2.46. The molecule has 2 rings (SSSR count). The van der Waals surface area contributed by atoms with E-state index in [1.165, 1.54) is 24.0 Å². The molecule has 0 aromatic heterocycles. The van der Waals surface area contributed by atoms with Gasteiger partial charge in [0.2, 0.25) is 0 Å². The van der Waals surface area contributed by atoms with Crippen molar-refractivity contribution in [3.05, 3.63) is 35.4 Å². The summed E-state index contributed by atoms with van der Waals surface area (Å²) < 4.78 is 0. The summed E-state index contributed by atoms with van der Waals surface area (Å²) in [4.78, 5) is 0. The van der Waals surface area contributed by atoms with Crippen LogP contribution in [0.15, 0.2) is 24.3 Å². The minimum absolute atomic E-state index is 0.126. The lowest BCUT2D eigenvalue weighted by Crippen LogP contribution is -2.22. The number of benzene rings is 1. The smallest absolute Gasteiger partial charge is 0.0608 e. The second kappa shape index (κ2) is 5.01. The van der Waals surface area contributed by atoms with Crippen LogP contribution in [-0.2, 0) is 0 Å². The molecule has 1 aliphatic rings. The van der Waals surface area contributed by atoms with Gasteiger partial charge in [0.15, 0.2) is 0 Å². The molecule has 0 amide bonds. The molecule has 0 aliphatic heterocycles. The first-order valence-electron chi connectivity index (χ1n) is 6.46. The van der Waals surface area contributed by atoms with Gasteiger partial charge >= 0.3 is 0 Å². The first kappa shape index (κ1) is 11.7. The standard InChI is InChI=1S/C15H22O/c1-11(2)12-7-9-13(10-8-12)14-5-3-4-6-15(14)16/h7-11,14-16H,3-6H2,1-2H3/t14-,15+/m1/s1. The van der Waals surface area contributed by atoms with E-state index in [0.29, 0.717) is 11.8 Å². The summed E-state index contributed by atoms with van der Waals surface area (Å²) in [6.45, 7) is 4.43. The van der Waals surface area contributed by atoms with Gasteiger partial charge in [0.1, 0.15) is 0 Å². The van der Waals surface area contributed by atoms with Gasteiger partial charge in [0.05, 0.1) is 6.10 Å². The predicted molar refractivity (Wildman–Crippen MR) is 67.7 cm³/mol. The van der Waals surface area contributed by atoms with E-state index in [4.69, 9.17) is 0 Å². The van der Waals surface area contributed by atoms with Crippen molar-refractivity contribution in [3.8, 4) is 0 Å². The Morgan fingerprint density at radius 2 is 1.69 bits per heavy atom. The van der Waals surface area contributed by atoms with Crippen molar-refractivity contribution in [2.45, 2.75) is 57.5 Å². The molecule has 1 saturated carbocycles. The van der Waals surface area contributed by atoms with Gasteiger partial charge in [0, 0.05) is 5.92 Å². The fourth-order valence-corrected chi connectivity index (χ4v) is 2.63. The Bertz CT molecular complexity index is 326. The molecule has 1 N–H and O–H groups in total. The molecule has 88 valence electrons.